The van der Waals surface area contributed by atoms with E-state index in [4.69, 9.17) is 9.90 Å². The number of carbonyl (C=O) groups excluding carboxylic acids is 2. The molecule has 0 saturated carbocycles. The lowest BCUT2D eigenvalue weighted by Crippen LogP contribution is -2.51. The van der Waals surface area contributed by atoms with Gasteiger partial charge in [0.1, 0.15) is 0 Å². The first-order valence-corrected chi connectivity index (χ1v) is 9.91. The van der Waals surface area contributed by atoms with E-state index >= 15 is 0 Å². The van der Waals surface area contributed by atoms with E-state index in [-0.39, 0.29) is 17.2 Å². The third-order valence-corrected chi connectivity index (χ3v) is 5.62. The molecule has 7 nitrogen and oxygen atoms in total. The van der Waals surface area contributed by atoms with Crippen LogP contribution in [-0.2, 0) is 27.3 Å². The fraction of sp³-hybridized carbons (Fsp3) is 0.571. The van der Waals surface area contributed by atoms with Gasteiger partial charge in [0.25, 0.3) is 0 Å². The van der Waals surface area contributed by atoms with Gasteiger partial charge < -0.3 is 19.8 Å². The molecule has 0 unspecified atom stereocenters. The maximum Gasteiger partial charge on any atom is 0.490 e. The maximum atomic E-state index is 13.1. The highest BCUT2D eigenvalue weighted by molar-refractivity contribution is 5.84. The number of hydrogen-bond donors (Lipinski definition) is 1. The fourth-order valence-electron chi connectivity index (χ4n) is 4.00. The molecule has 1 fully saturated rings. The van der Waals surface area contributed by atoms with Crippen molar-refractivity contribution in [3.05, 3.63) is 35.4 Å². The Morgan fingerprint density at radius 1 is 1.13 bits per heavy atom. The van der Waals surface area contributed by atoms with E-state index < -0.39 is 12.1 Å². The van der Waals surface area contributed by atoms with Crippen LogP contribution >= 0.6 is 0 Å². The van der Waals surface area contributed by atoms with Crippen molar-refractivity contribution in [1.82, 2.24) is 14.7 Å². The highest BCUT2D eigenvalue weighted by atomic mass is 19.4. The minimum atomic E-state index is -5.08. The Bertz CT molecular complexity index is 818. The zero-order valence-electron chi connectivity index (χ0n) is 17.9. The molecule has 0 bridgehead atoms. The van der Waals surface area contributed by atoms with Crippen LogP contribution in [0, 0.1) is 5.41 Å². The molecule has 0 atom stereocenters. The minimum Gasteiger partial charge on any atom is -0.475 e. The Morgan fingerprint density at radius 2 is 1.65 bits per heavy atom. The van der Waals surface area contributed by atoms with Crippen molar-refractivity contribution >= 4 is 17.8 Å². The summed E-state index contributed by atoms with van der Waals surface area (Å²) in [6.45, 7) is 2.46. The Kier molecular flexibility index (Phi) is 7.69. The number of carboxylic acids is 1. The van der Waals surface area contributed by atoms with Crippen molar-refractivity contribution in [3.63, 3.8) is 0 Å². The van der Waals surface area contributed by atoms with Gasteiger partial charge in [0, 0.05) is 26.7 Å². The second-order valence-corrected chi connectivity index (χ2v) is 8.31. The molecule has 31 heavy (non-hydrogen) atoms. The summed E-state index contributed by atoms with van der Waals surface area (Å²) in [5.41, 5.74) is 2.18. The van der Waals surface area contributed by atoms with E-state index in [9.17, 15) is 22.8 Å². The van der Waals surface area contributed by atoms with Gasteiger partial charge in [-0.1, -0.05) is 24.3 Å². The van der Waals surface area contributed by atoms with Gasteiger partial charge in [-0.05, 0) is 44.5 Å². The average molecular weight is 443 g/mol. The molecule has 0 radical (unpaired) electrons. The van der Waals surface area contributed by atoms with Gasteiger partial charge in [-0.25, -0.2) is 4.79 Å². The molecule has 2 amide bonds. The molecular formula is C21H28F3N3O4. The number of rotatable bonds is 2. The quantitative estimate of drug-likeness (QED) is 0.756. The molecule has 2 aliphatic rings. The SMILES string of the molecule is CN(C)CC(=O)N1CCC2(CC1)Cc1ccccc1CN(C)C2=O.O=C(O)C(F)(F)F. The molecule has 1 N–H and O–H groups in total. The molecule has 1 aromatic carbocycles. The lowest BCUT2D eigenvalue weighted by atomic mass is 9.73. The molecule has 0 aliphatic carbocycles. The predicted octanol–water partition coefficient (Wildman–Crippen LogP) is 2.00. The van der Waals surface area contributed by atoms with Gasteiger partial charge in [0.15, 0.2) is 0 Å². The van der Waals surface area contributed by atoms with Crippen molar-refractivity contribution in [2.24, 2.45) is 5.41 Å². The summed E-state index contributed by atoms with van der Waals surface area (Å²) in [6.07, 6.45) is -2.78. The van der Waals surface area contributed by atoms with Gasteiger partial charge in [0.05, 0.1) is 12.0 Å². The summed E-state index contributed by atoms with van der Waals surface area (Å²) in [6, 6.07) is 8.36. The first kappa shape index (κ1) is 24.6. The minimum absolute atomic E-state index is 0.157. The number of benzene rings is 1. The Hall–Kier alpha value is -2.62. The molecule has 2 aliphatic heterocycles. The topological polar surface area (TPSA) is 81.2 Å². The summed E-state index contributed by atoms with van der Waals surface area (Å²) in [5, 5.41) is 7.12. The lowest BCUT2D eigenvalue weighted by Gasteiger charge is -2.41. The van der Waals surface area contributed by atoms with Crippen LogP contribution in [0.2, 0.25) is 0 Å². The van der Waals surface area contributed by atoms with E-state index in [0.717, 1.165) is 19.3 Å². The number of amides is 2. The number of likely N-dealkylation sites (tertiary alicyclic amines) is 1. The Morgan fingerprint density at radius 3 is 2.13 bits per heavy atom. The summed E-state index contributed by atoms with van der Waals surface area (Å²) >= 11 is 0. The standard InChI is InChI=1S/C19H27N3O2.C2HF3O2/c1-20(2)14-17(23)22-10-8-19(9-11-22)12-15-6-4-5-7-16(15)13-21(3)18(19)24;3-2(4,5)1(6)7/h4-7H,8-14H2,1-3H3;(H,6,7). The number of likely N-dealkylation sites (N-methyl/N-ethyl adjacent to an activating group) is 1. The molecule has 3 rings (SSSR count). The maximum absolute atomic E-state index is 13.1. The van der Waals surface area contributed by atoms with Crippen LogP contribution in [0.1, 0.15) is 24.0 Å². The smallest absolute Gasteiger partial charge is 0.475 e. The number of piperidine rings is 1. The number of aliphatic carboxylic acids is 1. The van der Waals surface area contributed by atoms with E-state index in [1.807, 2.05) is 41.9 Å². The molecule has 1 saturated heterocycles. The van der Waals surface area contributed by atoms with Crippen LogP contribution in [0.25, 0.3) is 0 Å². The number of nitrogens with zero attached hydrogens (tertiary/aromatic N) is 3. The van der Waals surface area contributed by atoms with Crippen molar-refractivity contribution in [2.45, 2.75) is 32.0 Å². The van der Waals surface area contributed by atoms with Gasteiger partial charge in [0.2, 0.25) is 11.8 Å². The van der Waals surface area contributed by atoms with Gasteiger partial charge >= 0.3 is 12.1 Å². The number of halogens is 3. The number of alkyl halides is 3. The van der Waals surface area contributed by atoms with Crippen LogP contribution in [-0.4, -0.2) is 84.5 Å². The lowest BCUT2D eigenvalue weighted by molar-refractivity contribution is -0.192. The number of carboxylic acid groups (broad SMARTS) is 1. The monoisotopic (exact) mass is 443 g/mol. The van der Waals surface area contributed by atoms with Crippen molar-refractivity contribution in [1.29, 1.82) is 0 Å². The molecule has 10 heteroatoms. The van der Waals surface area contributed by atoms with Crippen LogP contribution in [0.15, 0.2) is 24.3 Å². The summed E-state index contributed by atoms with van der Waals surface area (Å²) in [4.78, 5) is 39.9. The van der Waals surface area contributed by atoms with Crippen LogP contribution in [0.3, 0.4) is 0 Å². The summed E-state index contributed by atoms with van der Waals surface area (Å²) < 4.78 is 31.7. The van der Waals surface area contributed by atoms with Crippen molar-refractivity contribution < 1.29 is 32.7 Å². The second kappa shape index (κ2) is 9.67. The highest BCUT2D eigenvalue weighted by Crippen LogP contribution is 2.40. The van der Waals surface area contributed by atoms with E-state index in [0.29, 0.717) is 26.2 Å². The largest absolute Gasteiger partial charge is 0.490 e. The van der Waals surface area contributed by atoms with Crippen LogP contribution < -0.4 is 0 Å². The van der Waals surface area contributed by atoms with Crippen molar-refractivity contribution in [2.75, 3.05) is 40.8 Å². The highest BCUT2D eigenvalue weighted by Gasteiger charge is 2.45. The number of fused-ring (bicyclic) bond motifs is 1. The predicted molar refractivity (Wildman–Crippen MR) is 107 cm³/mol. The third-order valence-electron chi connectivity index (χ3n) is 5.62. The Labute approximate surface area is 179 Å². The number of carbonyl (C=O) groups is 3. The number of hydrogen-bond acceptors (Lipinski definition) is 4. The molecule has 2 heterocycles. The first-order valence-electron chi connectivity index (χ1n) is 9.91. The van der Waals surface area contributed by atoms with Crippen LogP contribution in [0.5, 0.6) is 0 Å². The van der Waals surface area contributed by atoms with E-state index in [2.05, 4.69) is 18.2 Å². The Balaban J connectivity index is 0.000000423. The van der Waals surface area contributed by atoms with Crippen LogP contribution in [0.4, 0.5) is 13.2 Å². The zero-order valence-corrected chi connectivity index (χ0v) is 17.9. The first-order chi connectivity index (χ1) is 14.4. The van der Waals surface area contributed by atoms with Crippen molar-refractivity contribution in [3.8, 4) is 0 Å². The molecule has 172 valence electrons. The zero-order chi connectivity index (χ0) is 23.4. The second-order valence-electron chi connectivity index (χ2n) is 8.31. The van der Waals surface area contributed by atoms with E-state index in [1.165, 1.54) is 11.1 Å². The summed E-state index contributed by atoms with van der Waals surface area (Å²) in [7, 11) is 5.71. The fourth-order valence-corrected chi connectivity index (χ4v) is 4.00. The van der Waals surface area contributed by atoms with Gasteiger partial charge in [-0.3, -0.25) is 9.59 Å². The average Bonchev–Trinajstić information content (AvgIpc) is 2.77. The van der Waals surface area contributed by atoms with E-state index in [1.54, 1.807) is 0 Å². The molecular weight excluding hydrogens is 415 g/mol. The molecule has 0 aromatic heterocycles. The summed E-state index contributed by atoms with van der Waals surface area (Å²) in [5.74, 6) is -2.37. The third kappa shape index (κ3) is 6.19. The van der Waals surface area contributed by atoms with Gasteiger partial charge in [-0.2, -0.15) is 13.2 Å². The normalized spacial score (nSPS) is 18.2. The molecule has 1 aromatic rings. The van der Waals surface area contributed by atoms with Gasteiger partial charge in [-0.15, -0.1) is 0 Å². The molecule has 1 spiro atoms.